The van der Waals surface area contributed by atoms with Gasteiger partial charge in [0, 0.05) is 35.0 Å². The van der Waals surface area contributed by atoms with E-state index in [2.05, 4.69) is 31.1 Å². The lowest BCUT2D eigenvalue weighted by Gasteiger charge is -2.32. The first-order valence-electron chi connectivity index (χ1n) is 10.5. The number of thiocarbonyl (C=S) groups is 1. The molecule has 4 rings (SSSR count). The first-order valence-corrected chi connectivity index (χ1v) is 11.7. The molecule has 1 aliphatic rings. The summed E-state index contributed by atoms with van der Waals surface area (Å²) in [5.74, 6) is 0.727. The Hall–Kier alpha value is -3.23. The summed E-state index contributed by atoms with van der Waals surface area (Å²) in [5, 5.41) is 3.14. The highest BCUT2D eigenvalue weighted by atomic mass is 79.9. The van der Waals surface area contributed by atoms with Gasteiger partial charge in [-0.15, -0.1) is 0 Å². The van der Waals surface area contributed by atoms with Gasteiger partial charge in [0.1, 0.15) is 11.9 Å². The standard InChI is InChI=1S/C25H24BrN5OS/c1-30-16-15-28-23(30)18-7-11-20(12-8-18)29-24(32)22(17-5-3-2-4-6-17)31(25(27)33)21-13-9-19(26)10-14-21/h2-14,22H,15-16H2,1H3,(H2,27,33)(H,29,32). The minimum Gasteiger partial charge on any atom is -0.376 e. The molecule has 0 spiro atoms. The predicted molar refractivity (Wildman–Crippen MR) is 142 cm³/mol. The fourth-order valence-corrected chi connectivity index (χ4v) is 4.29. The summed E-state index contributed by atoms with van der Waals surface area (Å²) in [6.07, 6.45) is 0. The molecule has 8 heteroatoms. The smallest absolute Gasteiger partial charge is 0.252 e. The third-order valence-corrected chi connectivity index (χ3v) is 6.16. The van der Waals surface area contributed by atoms with E-state index in [1.165, 1.54) is 0 Å². The molecule has 168 valence electrons. The van der Waals surface area contributed by atoms with Crippen LogP contribution in [0.5, 0.6) is 0 Å². The Kier molecular flexibility index (Phi) is 7.05. The molecule has 0 saturated carbocycles. The van der Waals surface area contributed by atoms with Crippen molar-refractivity contribution in [2.75, 3.05) is 30.4 Å². The molecule has 0 saturated heterocycles. The van der Waals surface area contributed by atoms with Crippen molar-refractivity contribution in [3.8, 4) is 0 Å². The summed E-state index contributed by atoms with van der Waals surface area (Å²) < 4.78 is 0.924. The summed E-state index contributed by atoms with van der Waals surface area (Å²) in [7, 11) is 2.03. The molecule has 33 heavy (non-hydrogen) atoms. The number of nitrogens with zero attached hydrogens (tertiary/aromatic N) is 3. The van der Waals surface area contributed by atoms with E-state index >= 15 is 0 Å². The number of carbonyl (C=O) groups is 1. The molecule has 1 heterocycles. The fourth-order valence-electron chi connectivity index (χ4n) is 3.82. The summed E-state index contributed by atoms with van der Waals surface area (Å²) in [5.41, 5.74) is 9.34. The maximum absolute atomic E-state index is 13.6. The second-order valence-electron chi connectivity index (χ2n) is 7.69. The van der Waals surface area contributed by atoms with Crippen molar-refractivity contribution < 1.29 is 4.79 Å². The molecule has 0 bridgehead atoms. The van der Waals surface area contributed by atoms with Crippen LogP contribution in [0.2, 0.25) is 0 Å². The number of aliphatic imine (C=N–C) groups is 1. The molecule has 3 aromatic rings. The number of rotatable bonds is 6. The van der Waals surface area contributed by atoms with Crippen molar-refractivity contribution in [3.63, 3.8) is 0 Å². The SMILES string of the molecule is CN1CCN=C1c1ccc(NC(=O)C(c2ccccc2)N(C(N)=S)c2ccc(Br)cc2)cc1. The highest BCUT2D eigenvalue weighted by Crippen LogP contribution is 2.30. The number of nitrogens with one attached hydrogen (secondary N) is 1. The van der Waals surface area contributed by atoms with Crippen LogP contribution in [-0.2, 0) is 4.79 Å². The Balaban J connectivity index is 1.64. The maximum Gasteiger partial charge on any atom is 0.252 e. The summed E-state index contributed by atoms with van der Waals surface area (Å²) in [6.45, 7) is 1.71. The quantitative estimate of drug-likeness (QED) is 0.464. The highest BCUT2D eigenvalue weighted by molar-refractivity contribution is 9.10. The minimum atomic E-state index is -0.741. The van der Waals surface area contributed by atoms with Crippen molar-refractivity contribution in [2.45, 2.75) is 6.04 Å². The van der Waals surface area contributed by atoms with Crippen molar-refractivity contribution in [3.05, 3.63) is 94.5 Å². The van der Waals surface area contributed by atoms with Crippen LogP contribution in [0.4, 0.5) is 11.4 Å². The van der Waals surface area contributed by atoms with Crippen LogP contribution in [0.25, 0.3) is 0 Å². The van der Waals surface area contributed by atoms with Crippen molar-refractivity contribution in [2.24, 2.45) is 10.7 Å². The van der Waals surface area contributed by atoms with Gasteiger partial charge >= 0.3 is 0 Å². The number of anilines is 2. The number of amides is 1. The Morgan fingerprint density at radius 3 is 2.33 bits per heavy atom. The maximum atomic E-state index is 13.6. The van der Waals surface area contributed by atoms with E-state index in [0.29, 0.717) is 5.69 Å². The van der Waals surface area contributed by atoms with Gasteiger partial charge in [0.15, 0.2) is 5.11 Å². The van der Waals surface area contributed by atoms with Gasteiger partial charge in [0.25, 0.3) is 5.91 Å². The number of benzene rings is 3. The summed E-state index contributed by atoms with van der Waals surface area (Å²) in [6, 6.07) is 24.0. The zero-order chi connectivity index (χ0) is 23.4. The number of likely N-dealkylation sites (N-methyl/N-ethyl adjacent to an activating group) is 1. The third kappa shape index (κ3) is 5.23. The molecular weight excluding hydrogens is 498 g/mol. The van der Waals surface area contributed by atoms with E-state index in [1.807, 2.05) is 85.9 Å². The van der Waals surface area contributed by atoms with Crippen LogP contribution in [0.15, 0.2) is 88.3 Å². The number of amidine groups is 1. The van der Waals surface area contributed by atoms with Gasteiger partial charge in [-0.3, -0.25) is 9.79 Å². The van der Waals surface area contributed by atoms with Crippen LogP contribution in [0.1, 0.15) is 17.2 Å². The van der Waals surface area contributed by atoms with Gasteiger partial charge in [0.2, 0.25) is 0 Å². The summed E-state index contributed by atoms with van der Waals surface area (Å²) >= 11 is 8.82. The van der Waals surface area contributed by atoms with Crippen molar-refractivity contribution in [1.29, 1.82) is 0 Å². The second-order valence-corrected chi connectivity index (χ2v) is 9.03. The fraction of sp³-hybridized carbons (Fsp3) is 0.160. The lowest BCUT2D eigenvalue weighted by molar-refractivity contribution is -0.117. The van der Waals surface area contributed by atoms with Crippen LogP contribution >= 0.6 is 28.1 Å². The van der Waals surface area contributed by atoms with E-state index in [4.69, 9.17) is 18.0 Å². The topological polar surface area (TPSA) is 74.0 Å². The third-order valence-electron chi connectivity index (χ3n) is 5.43. The largest absolute Gasteiger partial charge is 0.376 e. The monoisotopic (exact) mass is 521 g/mol. The van der Waals surface area contributed by atoms with Crippen LogP contribution in [-0.4, -0.2) is 41.9 Å². The molecule has 1 unspecified atom stereocenters. The van der Waals surface area contributed by atoms with Crippen LogP contribution in [0.3, 0.4) is 0 Å². The molecule has 0 aromatic heterocycles. The van der Waals surface area contributed by atoms with Crippen molar-refractivity contribution in [1.82, 2.24) is 4.90 Å². The van der Waals surface area contributed by atoms with Gasteiger partial charge in [-0.1, -0.05) is 46.3 Å². The number of hydrogen-bond donors (Lipinski definition) is 2. The number of hydrogen-bond acceptors (Lipinski definition) is 4. The molecule has 0 radical (unpaired) electrons. The number of nitrogens with two attached hydrogens (primary N) is 1. The van der Waals surface area contributed by atoms with Gasteiger partial charge in [-0.25, -0.2) is 0 Å². The van der Waals surface area contributed by atoms with Crippen molar-refractivity contribution >= 4 is 56.4 Å². The molecule has 0 fully saturated rings. The zero-order valence-electron chi connectivity index (χ0n) is 18.1. The Morgan fingerprint density at radius 1 is 1.09 bits per heavy atom. The second kappa shape index (κ2) is 10.1. The van der Waals surface area contributed by atoms with Gasteiger partial charge < -0.3 is 20.9 Å². The Morgan fingerprint density at radius 2 is 1.76 bits per heavy atom. The van der Waals surface area contributed by atoms with Gasteiger partial charge in [-0.2, -0.15) is 0 Å². The lowest BCUT2D eigenvalue weighted by Crippen LogP contribution is -2.44. The summed E-state index contributed by atoms with van der Waals surface area (Å²) in [4.78, 5) is 21.9. The highest BCUT2D eigenvalue weighted by Gasteiger charge is 2.30. The molecule has 1 atom stereocenters. The van der Waals surface area contributed by atoms with E-state index in [-0.39, 0.29) is 11.0 Å². The average Bonchev–Trinajstić information content (AvgIpc) is 3.25. The van der Waals surface area contributed by atoms with E-state index in [9.17, 15) is 4.79 Å². The lowest BCUT2D eigenvalue weighted by atomic mass is 10.0. The first kappa shape index (κ1) is 22.9. The molecule has 1 amide bonds. The number of halogens is 1. The minimum absolute atomic E-state index is 0.110. The Labute approximate surface area is 207 Å². The van der Waals surface area contributed by atoms with Crippen LogP contribution in [0, 0.1) is 0 Å². The predicted octanol–water partition coefficient (Wildman–Crippen LogP) is 4.57. The molecule has 3 N–H and O–H groups in total. The average molecular weight is 522 g/mol. The molecule has 3 aromatic carbocycles. The molecule has 0 aliphatic carbocycles. The first-order chi connectivity index (χ1) is 15.9. The van der Waals surface area contributed by atoms with Crippen LogP contribution < -0.4 is 16.0 Å². The van der Waals surface area contributed by atoms with E-state index in [0.717, 1.165) is 40.2 Å². The van der Waals surface area contributed by atoms with Gasteiger partial charge in [0.05, 0.1) is 6.54 Å². The van der Waals surface area contributed by atoms with E-state index in [1.54, 1.807) is 4.90 Å². The molecule has 6 nitrogen and oxygen atoms in total. The zero-order valence-corrected chi connectivity index (χ0v) is 20.5. The van der Waals surface area contributed by atoms with Gasteiger partial charge in [-0.05, 0) is 66.3 Å². The molecule has 1 aliphatic heterocycles. The normalized spacial score (nSPS) is 13.9. The molecular formula is C25H24BrN5OS. The van der Waals surface area contributed by atoms with E-state index < -0.39 is 6.04 Å². The Bertz CT molecular complexity index is 1170. The number of carbonyl (C=O) groups excluding carboxylic acids is 1.